The Kier molecular flexibility index (Phi) is 5.45. The van der Waals surface area contributed by atoms with Crippen LogP contribution in [0.5, 0.6) is 0 Å². The normalized spacial score (nSPS) is 15.1. The molecule has 0 atom stereocenters. The Hall–Kier alpha value is -2.16. The number of carbonyl (C=O) groups excluding carboxylic acids is 1. The molecule has 2 aromatic rings. The van der Waals surface area contributed by atoms with E-state index in [-0.39, 0.29) is 11.4 Å². The van der Waals surface area contributed by atoms with Gasteiger partial charge in [0.1, 0.15) is 6.54 Å². The summed E-state index contributed by atoms with van der Waals surface area (Å²) < 4.78 is 27.7. The van der Waals surface area contributed by atoms with Crippen LogP contribution in [0.3, 0.4) is 0 Å². The summed E-state index contributed by atoms with van der Waals surface area (Å²) in [4.78, 5) is 24.2. The molecule has 1 aliphatic rings. The molecule has 9 heteroatoms. The van der Waals surface area contributed by atoms with Crippen LogP contribution in [0.25, 0.3) is 0 Å². The highest BCUT2D eigenvalue weighted by atomic mass is 35.5. The van der Waals surface area contributed by atoms with E-state index >= 15 is 0 Å². The molecule has 1 fully saturated rings. The second kappa shape index (κ2) is 7.61. The van der Waals surface area contributed by atoms with Crippen LogP contribution in [0, 0.1) is 0 Å². The minimum absolute atomic E-state index is 0.00885. The fraction of sp³-hybridized carbons (Fsp3) is 0.294. The summed E-state index contributed by atoms with van der Waals surface area (Å²) in [6.07, 6.45) is 2.86. The van der Waals surface area contributed by atoms with Crippen LogP contribution < -0.4 is 10.9 Å². The molecule has 0 aliphatic carbocycles. The first-order valence-corrected chi connectivity index (χ1v) is 9.94. The highest BCUT2D eigenvalue weighted by Crippen LogP contribution is 2.20. The van der Waals surface area contributed by atoms with Crippen LogP contribution in [0.1, 0.15) is 12.8 Å². The van der Waals surface area contributed by atoms with Crippen LogP contribution in [0.4, 0.5) is 5.69 Å². The number of nitrogens with one attached hydrogen (secondary N) is 1. The van der Waals surface area contributed by atoms with Gasteiger partial charge < -0.3 is 9.88 Å². The van der Waals surface area contributed by atoms with Gasteiger partial charge >= 0.3 is 0 Å². The molecule has 3 rings (SSSR count). The Morgan fingerprint density at radius 2 is 1.88 bits per heavy atom. The molecule has 0 unspecified atom stereocenters. The van der Waals surface area contributed by atoms with Crippen LogP contribution in [0.15, 0.2) is 52.3 Å². The number of amides is 1. The average Bonchev–Trinajstić information content (AvgIpc) is 3.12. The predicted molar refractivity (Wildman–Crippen MR) is 98.8 cm³/mol. The highest BCUT2D eigenvalue weighted by molar-refractivity contribution is 7.89. The summed E-state index contributed by atoms with van der Waals surface area (Å²) in [6.45, 7) is 0.641. The number of sulfonamides is 1. The maximum Gasteiger partial charge on any atom is 0.251 e. The maximum absolute atomic E-state index is 12.6. The van der Waals surface area contributed by atoms with E-state index in [1.807, 2.05) is 0 Å². The van der Waals surface area contributed by atoms with Crippen molar-refractivity contribution in [3.63, 3.8) is 0 Å². The van der Waals surface area contributed by atoms with Crippen LogP contribution in [-0.4, -0.2) is 36.3 Å². The zero-order valence-corrected chi connectivity index (χ0v) is 15.5. The number of halogens is 1. The smallest absolute Gasteiger partial charge is 0.251 e. The van der Waals surface area contributed by atoms with E-state index in [9.17, 15) is 18.0 Å². The Labute approximate surface area is 156 Å². The van der Waals surface area contributed by atoms with E-state index in [0.29, 0.717) is 23.8 Å². The van der Waals surface area contributed by atoms with Crippen LogP contribution >= 0.6 is 11.6 Å². The van der Waals surface area contributed by atoms with E-state index < -0.39 is 21.5 Å². The van der Waals surface area contributed by atoms with Gasteiger partial charge in [-0.05, 0) is 37.1 Å². The lowest BCUT2D eigenvalue weighted by molar-refractivity contribution is -0.116. The monoisotopic (exact) mass is 395 g/mol. The van der Waals surface area contributed by atoms with Gasteiger partial charge in [0.25, 0.3) is 5.56 Å². The molecule has 0 spiro atoms. The Morgan fingerprint density at radius 3 is 2.58 bits per heavy atom. The molecule has 0 radical (unpaired) electrons. The van der Waals surface area contributed by atoms with E-state index in [2.05, 4.69) is 5.32 Å². The SMILES string of the molecule is O=C(Cn1cc(S(=O)(=O)N2CCCC2)ccc1=O)Nc1cccc(Cl)c1. The molecule has 1 amide bonds. The van der Waals surface area contributed by atoms with Gasteiger partial charge in [-0.1, -0.05) is 17.7 Å². The van der Waals surface area contributed by atoms with Crippen molar-refractivity contribution in [1.82, 2.24) is 8.87 Å². The minimum Gasteiger partial charge on any atom is -0.324 e. The molecule has 1 aromatic carbocycles. The molecule has 0 saturated carbocycles. The maximum atomic E-state index is 12.6. The largest absolute Gasteiger partial charge is 0.324 e. The molecule has 1 saturated heterocycles. The van der Waals surface area contributed by atoms with Crippen molar-refractivity contribution in [2.45, 2.75) is 24.3 Å². The number of benzene rings is 1. The molecule has 0 bridgehead atoms. The number of rotatable bonds is 5. The third-order valence-electron chi connectivity index (χ3n) is 4.08. The number of aromatic nitrogens is 1. The van der Waals surface area contributed by atoms with Gasteiger partial charge in [0.05, 0.1) is 4.90 Å². The fourth-order valence-electron chi connectivity index (χ4n) is 2.78. The lowest BCUT2D eigenvalue weighted by atomic mass is 10.3. The Balaban J connectivity index is 1.79. The van der Waals surface area contributed by atoms with Crippen molar-refractivity contribution in [3.05, 3.63) is 58.0 Å². The van der Waals surface area contributed by atoms with Gasteiger partial charge in [0.2, 0.25) is 15.9 Å². The van der Waals surface area contributed by atoms with Gasteiger partial charge in [0.15, 0.2) is 0 Å². The van der Waals surface area contributed by atoms with Crippen molar-refractivity contribution in [3.8, 4) is 0 Å². The second-order valence-electron chi connectivity index (χ2n) is 6.00. The molecule has 2 heterocycles. The first-order valence-electron chi connectivity index (χ1n) is 8.12. The molecule has 1 aromatic heterocycles. The zero-order valence-electron chi connectivity index (χ0n) is 13.9. The summed E-state index contributed by atoms with van der Waals surface area (Å²) in [7, 11) is -3.65. The summed E-state index contributed by atoms with van der Waals surface area (Å²) in [5, 5.41) is 3.10. The topological polar surface area (TPSA) is 88.5 Å². The van der Waals surface area contributed by atoms with Crippen molar-refractivity contribution in [2.24, 2.45) is 0 Å². The molecule has 7 nitrogen and oxygen atoms in total. The summed E-state index contributed by atoms with van der Waals surface area (Å²) in [5.41, 5.74) is 0.0445. The fourth-order valence-corrected chi connectivity index (χ4v) is 4.51. The molecular weight excluding hydrogens is 378 g/mol. The quantitative estimate of drug-likeness (QED) is 0.837. The first-order chi connectivity index (χ1) is 12.4. The number of hydrogen-bond donors (Lipinski definition) is 1. The van der Waals surface area contributed by atoms with Gasteiger partial charge in [-0.2, -0.15) is 4.31 Å². The van der Waals surface area contributed by atoms with Crippen LogP contribution in [0.2, 0.25) is 5.02 Å². The van der Waals surface area contributed by atoms with Crippen molar-refractivity contribution >= 4 is 33.2 Å². The van der Waals surface area contributed by atoms with E-state index in [1.165, 1.54) is 16.6 Å². The number of nitrogens with zero attached hydrogens (tertiary/aromatic N) is 2. The van der Waals surface area contributed by atoms with Crippen molar-refractivity contribution in [2.75, 3.05) is 18.4 Å². The predicted octanol–water partition coefficient (Wildman–Crippen LogP) is 1.92. The third kappa shape index (κ3) is 4.14. The summed E-state index contributed by atoms with van der Waals surface area (Å²) >= 11 is 5.87. The summed E-state index contributed by atoms with van der Waals surface area (Å²) in [5.74, 6) is -0.454. The van der Waals surface area contributed by atoms with Gasteiger partial charge in [0, 0.05) is 36.1 Å². The van der Waals surface area contributed by atoms with Gasteiger partial charge in [-0.25, -0.2) is 8.42 Å². The van der Waals surface area contributed by atoms with Gasteiger partial charge in [-0.3, -0.25) is 9.59 Å². The molecule has 26 heavy (non-hydrogen) atoms. The van der Waals surface area contributed by atoms with E-state index in [4.69, 9.17) is 11.6 Å². The second-order valence-corrected chi connectivity index (χ2v) is 8.38. The van der Waals surface area contributed by atoms with Crippen molar-refractivity contribution < 1.29 is 13.2 Å². The molecule has 138 valence electrons. The average molecular weight is 396 g/mol. The lowest BCUT2D eigenvalue weighted by Crippen LogP contribution is -2.31. The lowest BCUT2D eigenvalue weighted by Gasteiger charge is -2.16. The minimum atomic E-state index is -3.65. The number of anilines is 1. The zero-order chi connectivity index (χ0) is 18.7. The third-order valence-corrected chi connectivity index (χ3v) is 6.20. The number of carbonyl (C=O) groups is 1. The first kappa shape index (κ1) is 18.6. The van der Waals surface area contributed by atoms with E-state index in [0.717, 1.165) is 23.5 Å². The highest BCUT2D eigenvalue weighted by Gasteiger charge is 2.27. The van der Waals surface area contributed by atoms with Gasteiger partial charge in [-0.15, -0.1) is 0 Å². The molecular formula is C17H18ClN3O4S. The Morgan fingerprint density at radius 1 is 1.15 bits per heavy atom. The number of pyridine rings is 1. The summed E-state index contributed by atoms with van der Waals surface area (Å²) in [6, 6.07) is 9.05. The molecule has 1 N–H and O–H groups in total. The van der Waals surface area contributed by atoms with Crippen LogP contribution in [-0.2, 0) is 21.4 Å². The number of hydrogen-bond acceptors (Lipinski definition) is 4. The molecule has 1 aliphatic heterocycles. The van der Waals surface area contributed by atoms with Crippen molar-refractivity contribution in [1.29, 1.82) is 0 Å². The standard InChI is InChI=1S/C17H18ClN3O4S/c18-13-4-3-5-14(10-13)19-16(22)12-20-11-15(6-7-17(20)23)26(24,25)21-8-1-2-9-21/h3-7,10-11H,1-2,8-9,12H2,(H,19,22). The Bertz CT molecular complexity index is 981. The van der Waals surface area contributed by atoms with E-state index in [1.54, 1.807) is 24.3 Å².